The third kappa shape index (κ3) is 9.41. The smallest absolute Gasteiger partial charge is 0.412 e. The molecule has 1 heterocycles. The Kier molecular flexibility index (Phi) is 11.0. The number of benzene rings is 3. The van der Waals surface area contributed by atoms with Gasteiger partial charge in [0.15, 0.2) is 0 Å². The maximum Gasteiger partial charge on any atom is 0.412 e. The van der Waals surface area contributed by atoms with Crippen LogP contribution in [0.3, 0.4) is 0 Å². The number of piperidine rings is 1. The fourth-order valence-electron chi connectivity index (χ4n) is 5.33. The van der Waals surface area contributed by atoms with Gasteiger partial charge < -0.3 is 19.3 Å². The van der Waals surface area contributed by atoms with Crippen molar-refractivity contribution >= 4 is 29.3 Å². The van der Waals surface area contributed by atoms with E-state index >= 15 is 0 Å². The largest absolute Gasteiger partial charge is 0.460 e. The Labute approximate surface area is 255 Å². The minimum absolute atomic E-state index is 0.000633. The second-order valence-electron chi connectivity index (χ2n) is 11.9. The van der Waals surface area contributed by atoms with Gasteiger partial charge in [-0.3, -0.25) is 14.9 Å². The Morgan fingerprint density at radius 3 is 2.21 bits per heavy atom. The van der Waals surface area contributed by atoms with Gasteiger partial charge in [0.2, 0.25) is 5.91 Å². The lowest BCUT2D eigenvalue weighted by molar-refractivity contribution is -0.147. The molecule has 0 radical (unpaired) electrons. The normalized spacial score (nSPS) is 14.9. The highest BCUT2D eigenvalue weighted by atomic mass is 16.6. The Hall–Kier alpha value is -4.17. The predicted molar refractivity (Wildman–Crippen MR) is 169 cm³/mol. The first-order valence-corrected chi connectivity index (χ1v) is 15.0. The van der Waals surface area contributed by atoms with Gasteiger partial charge in [-0.05, 0) is 62.9 Å². The van der Waals surface area contributed by atoms with Crippen LogP contribution in [-0.2, 0) is 25.7 Å². The van der Waals surface area contributed by atoms with Crippen LogP contribution in [0.5, 0.6) is 0 Å². The highest BCUT2D eigenvalue weighted by molar-refractivity contribution is 5.95. The van der Waals surface area contributed by atoms with Gasteiger partial charge in [-0.15, -0.1) is 0 Å². The first-order chi connectivity index (χ1) is 20.6. The molecule has 0 saturated carbocycles. The maximum absolute atomic E-state index is 13.3. The van der Waals surface area contributed by atoms with Gasteiger partial charge in [0.05, 0.1) is 5.92 Å². The van der Waals surface area contributed by atoms with E-state index in [2.05, 4.69) is 10.2 Å². The van der Waals surface area contributed by atoms with Crippen molar-refractivity contribution in [3.63, 3.8) is 0 Å². The number of hydrogen-bond acceptors (Lipinski definition) is 6. The van der Waals surface area contributed by atoms with Crippen LogP contribution < -0.4 is 10.2 Å². The minimum atomic E-state index is -0.613. The summed E-state index contributed by atoms with van der Waals surface area (Å²) in [4.78, 5) is 43.0. The molecule has 0 spiro atoms. The number of amides is 2. The summed E-state index contributed by atoms with van der Waals surface area (Å²) in [5.74, 6) is -0.626. The summed E-state index contributed by atoms with van der Waals surface area (Å²) >= 11 is 0. The topological polar surface area (TPSA) is 88.2 Å². The minimum Gasteiger partial charge on any atom is -0.460 e. The van der Waals surface area contributed by atoms with Crippen molar-refractivity contribution in [1.29, 1.82) is 0 Å². The Morgan fingerprint density at radius 2 is 1.58 bits per heavy atom. The lowest BCUT2D eigenvalue weighted by atomic mass is 9.96. The molecule has 4 rings (SSSR count). The SMILES string of the molecule is CCC(=O)N(c1cccc(NC(=O)OC(C)(C)C)c1)C1CCN(CC(C(=O)OCc2ccccc2)c2ccccc2)CC1. The molecular weight excluding hydrogens is 542 g/mol. The van der Waals surface area contributed by atoms with Crippen molar-refractivity contribution in [3.05, 3.63) is 96.1 Å². The van der Waals surface area contributed by atoms with Gasteiger partial charge >= 0.3 is 12.1 Å². The van der Waals surface area contributed by atoms with Crippen molar-refractivity contribution in [1.82, 2.24) is 4.90 Å². The summed E-state index contributed by atoms with van der Waals surface area (Å²) in [6.07, 6.45) is 1.35. The first-order valence-electron chi connectivity index (χ1n) is 15.0. The van der Waals surface area contributed by atoms with E-state index in [9.17, 15) is 14.4 Å². The summed E-state index contributed by atoms with van der Waals surface area (Å²) in [6.45, 7) is 9.56. The van der Waals surface area contributed by atoms with E-state index in [-0.39, 0.29) is 24.5 Å². The standard InChI is InChI=1S/C35H43N3O5/c1-5-32(39)38(30-18-12-17-28(23-30)36-34(41)43-35(2,3)4)29-19-21-37(22-20-29)24-31(27-15-10-7-11-16-27)33(40)42-25-26-13-8-6-9-14-26/h6-18,23,29,31H,5,19-22,24-25H2,1-4H3,(H,36,41). The number of nitrogens with one attached hydrogen (secondary N) is 1. The molecule has 1 aliphatic heterocycles. The number of carbonyl (C=O) groups is 3. The fraction of sp³-hybridized carbons (Fsp3) is 0.400. The van der Waals surface area contributed by atoms with Crippen LogP contribution in [-0.4, -0.2) is 54.1 Å². The zero-order valence-corrected chi connectivity index (χ0v) is 25.6. The molecule has 228 valence electrons. The van der Waals surface area contributed by atoms with Crippen LogP contribution in [0.15, 0.2) is 84.9 Å². The Balaban J connectivity index is 1.42. The summed E-state index contributed by atoms with van der Waals surface area (Å²) < 4.78 is 11.1. The monoisotopic (exact) mass is 585 g/mol. The average molecular weight is 586 g/mol. The number of rotatable bonds is 10. The third-order valence-electron chi connectivity index (χ3n) is 7.41. The van der Waals surface area contributed by atoms with E-state index in [0.717, 1.165) is 42.7 Å². The lowest BCUT2D eigenvalue weighted by Crippen LogP contribution is -2.48. The van der Waals surface area contributed by atoms with Gasteiger partial charge in [0.1, 0.15) is 12.2 Å². The van der Waals surface area contributed by atoms with E-state index in [1.54, 1.807) is 6.07 Å². The van der Waals surface area contributed by atoms with Crippen LogP contribution in [0.1, 0.15) is 64.0 Å². The summed E-state index contributed by atoms with van der Waals surface area (Å²) in [6, 6.07) is 26.8. The van der Waals surface area contributed by atoms with Crippen molar-refractivity contribution < 1.29 is 23.9 Å². The van der Waals surface area contributed by atoms with Gasteiger partial charge in [-0.25, -0.2) is 4.79 Å². The number of anilines is 2. The molecule has 1 saturated heterocycles. The van der Waals surface area contributed by atoms with Crippen LogP contribution in [0.2, 0.25) is 0 Å². The molecule has 0 aromatic heterocycles. The average Bonchev–Trinajstić information content (AvgIpc) is 2.99. The lowest BCUT2D eigenvalue weighted by Gasteiger charge is -2.39. The number of esters is 1. The molecule has 1 unspecified atom stereocenters. The number of nitrogens with zero attached hydrogens (tertiary/aromatic N) is 2. The summed E-state index contributed by atoms with van der Waals surface area (Å²) in [7, 11) is 0. The maximum atomic E-state index is 13.3. The summed E-state index contributed by atoms with van der Waals surface area (Å²) in [5.41, 5.74) is 2.58. The molecule has 3 aromatic rings. The highest BCUT2D eigenvalue weighted by Gasteiger charge is 2.32. The zero-order chi connectivity index (χ0) is 30.8. The fourth-order valence-corrected chi connectivity index (χ4v) is 5.33. The van der Waals surface area contributed by atoms with E-state index in [4.69, 9.17) is 9.47 Å². The van der Waals surface area contributed by atoms with E-state index in [1.807, 2.05) is 111 Å². The molecule has 8 heteroatoms. The van der Waals surface area contributed by atoms with Gasteiger partial charge in [0, 0.05) is 43.5 Å². The number of carbonyl (C=O) groups excluding carboxylic acids is 3. The van der Waals surface area contributed by atoms with Crippen molar-refractivity contribution in [2.45, 2.75) is 71.1 Å². The first kappa shape index (κ1) is 31.8. The molecule has 1 atom stereocenters. The molecule has 0 bridgehead atoms. The molecule has 43 heavy (non-hydrogen) atoms. The van der Waals surface area contributed by atoms with E-state index in [0.29, 0.717) is 18.7 Å². The molecule has 1 aliphatic rings. The quantitative estimate of drug-likeness (QED) is 0.264. The summed E-state index contributed by atoms with van der Waals surface area (Å²) in [5, 5.41) is 2.78. The predicted octanol–water partition coefficient (Wildman–Crippen LogP) is 6.77. The second-order valence-corrected chi connectivity index (χ2v) is 11.9. The molecule has 1 fully saturated rings. The van der Waals surface area contributed by atoms with Crippen molar-refractivity contribution in [2.24, 2.45) is 0 Å². The Bertz CT molecular complexity index is 1350. The van der Waals surface area contributed by atoms with Crippen LogP contribution in [0.25, 0.3) is 0 Å². The van der Waals surface area contributed by atoms with Crippen LogP contribution in [0, 0.1) is 0 Å². The Morgan fingerprint density at radius 1 is 0.930 bits per heavy atom. The van der Waals surface area contributed by atoms with Gasteiger partial charge in [0.25, 0.3) is 0 Å². The number of hydrogen-bond donors (Lipinski definition) is 1. The molecular formula is C35H43N3O5. The molecule has 1 N–H and O–H groups in total. The molecule has 2 amide bonds. The number of ether oxygens (including phenoxy) is 2. The molecule has 3 aromatic carbocycles. The second kappa shape index (κ2) is 14.8. The van der Waals surface area contributed by atoms with Crippen molar-refractivity contribution in [3.8, 4) is 0 Å². The molecule has 8 nitrogen and oxygen atoms in total. The van der Waals surface area contributed by atoms with Gasteiger partial charge in [-0.1, -0.05) is 73.7 Å². The van der Waals surface area contributed by atoms with Crippen molar-refractivity contribution in [2.75, 3.05) is 29.9 Å². The highest BCUT2D eigenvalue weighted by Crippen LogP contribution is 2.29. The number of likely N-dealkylation sites (tertiary alicyclic amines) is 1. The van der Waals surface area contributed by atoms with Gasteiger partial charge in [-0.2, -0.15) is 0 Å². The van der Waals surface area contributed by atoms with E-state index in [1.165, 1.54) is 0 Å². The third-order valence-corrected chi connectivity index (χ3v) is 7.41. The zero-order valence-electron chi connectivity index (χ0n) is 25.6. The van der Waals surface area contributed by atoms with E-state index < -0.39 is 17.6 Å². The van der Waals surface area contributed by atoms with Crippen LogP contribution >= 0.6 is 0 Å². The van der Waals surface area contributed by atoms with Crippen LogP contribution in [0.4, 0.5) is 16.2 Å². The molecule has 0 aliphatic carbocycles.